The van der Waals surface area contributed by atoms with Crippen LogP contribution in [0.2, 0.25) is 0 Å². The summed E-state index contributed by atoms with van der Waals surface area (Å²) in [6, 6.07) is 0. The highest BCUT2D eigenvalue weighted by atomic mass is 16.3. The second-order valence-electron chi connectivity index (χ2n) is 4.68. The van der Waals surface area contributed by atoms with Gasteiger partial charge in [0.25, 0.3) is 0 Å². The van der Waals surface area contributed by atoms with Gasteiger partial charge in [-0.1, -0.05) is 12.1 Å². The van der Waals surface area contributed by atoms with Gasteiger partial charge in [0.2, 0.25) is 0 Å². The molecule has 8 nitrogen and oxygen atoms in total. The summed E-state index contributed by atoms with van der Waals surface area (Å²) in [5.41, 5.74) is -0.467. The minimum atomic E-state index is -0.992. The number of aliphatic hydroxyl groups is 1. The molecule has 2 aromatic heterocycles. The number of aryl methyl sites for hydroxylation is 1. The lowest BCUT2D eigenvalue weighted by molar-refractivity contribution is 0.0737. The Hall–Kier alpha value is -1.83. The maximum absolute atomic E-state index is 9.81. The molecule has 0 aliphatic heterocycles. The Balaban J connectivity index is 2.14. The van der Waals surface area contributed by atoms with Crippen LogP contribution in [-0.4, -0.2) is 40.3 Å². The molecule has 0 unspecified atom stereocenters. The standard InChI is InChI=1S/C10H17N7O/c1-4-5-17-9(12-13-15-17)7-16-6-8(11-14-16)10(2,3)18/h6,18H,4-5,7H2,1-3H3. The highest BCUT2D eigenvalue weighted by molar-refractivity contribution is 5.03. The average molecular weight is 251 g/mol. The number of rotatable bonds is 5. The number of aromatic nitrogens is 7. The topological polar surface area (TPSA) is 94.5 Å². The molecule has 98 valence electrons. The molecule has 0 fully saturated rings. The van der Waals surface area contributed by atoms with E-state index in [9.17, 15) is 5.11 Å². The van der Waals surface area contributed by atoms with E-state index in [-0.39, 0.29) is 0 Å². The molecule has 0 saturated carbocycles. The van der Waals surface area contributed by atoms with Gasteiger partial charge in [-0.05, 0) is 30.7 Å². The average Bonchev–Trinajstić information content (AvgIpc) is 2.89. The number of hydrogen-bond acceptors (Lipinski definition) is 6. The van der Waals surface area contributed by atoms with E-state index in [1.165, 1.54) is 0 Å². The third-order valence-electron chi connectivity index (χ3n) is 2.51. The first-order valence-electron chi connectivity index (χ1n) is 5.88. The normalized spacial score (nSPS) is 12.0. The van der Waals surface area contributed by atoms with Crippen molar-refractivity contribution in [1.82, 2.24) is 35.2 Å². The maximum atomic E-state index is 9.81. The summed E-state index contributed by atoms with van der Waals surface area (Å²) in [6.07, 6.45) is 2.66. The SMILES string of the molecule is CCCn1nnnc1Cn1cc(C(C)(C)O)nn1. The first kappa shape index (κ1) is 12.6. The molecule has 1 N–H and O–H groups in total. The van der Waals surface area contributed by atoms with E-state index in [1.54, 1.807) is 29.4 Å². The van der Waals surface area contributed by atoms with Crippen LogP contribution in [0.25, 0.3) is 0 Å². The van der Waals surface area contributed by atoms with Gasteiger partial charge in [-0.25, -0.2) is 9.36 Å². The van der Waals surface area contributed by atoms with Crippen LogP contribution in [-0.2, 0) is 18.7 Å². The molecule has 2 rings (SSSR count). The zero-order chi connectivity index (χ0) is 13.2. The summed E-state index contributed by atoms with van der Waals surface area (Å²) in [7, 11) is 0. The van der Waals surface area contributed by atoms with Crippen LogP contribution in [0.3, 0.4) is 0 Å². The van der Waals surface area contributed by atoms with Crippen LogP contribution in [0.5, 0.6) is 0 Å². The third kappa shape index (κ3) is 2.70. The van der Waals surface area contributed by atoms with E-state index in [0.717, 1.165) is 18.8 Å². The molecule has 0 amide bonds. The Bertz CT molecular complexity index is 510. The zero-order valence-electron chi connectivity index (χ0n) is 10.8. The van der Waals surface area contributed by atoms with Gasteiger partial charge in [0.05, 0.1) is 6.20 Å². The maximum Gasteiger partial charge on any atom is 0.172 e. The smallest absolute Gasteiger partial charge is 0.172 e. The van der Waals surface area contributed by atoms with Crippen molar-refractivity contribution in [3.8, 4) is 0 Å². The lowest BCUT2D eigenvalue weighted by Crippen LogP contribution is -2.16. The first-order chi connectivity index (χ1) is 8.50. The van der Waals surface area contributed by atoms with E-state index in [2.05, 4.69) is 32.8 Å². The zero-order valence-corrected chi connectivity index (χ0v) is 10.8. The van der Waals surface area contributed by atoms with Gasteiger partial charge < -0.3 is 5.11 Å². The van der Waals surface area contributed by atoms with Crippen LogP contribution in [0, 0.1) is 0 Å². The highest BCUT2D eigenvalue weighted by Crippen LogP contribution is 2.15. The molecular formula is C10H17N7O. The van der Waals surface area contributed by atoms with E-state index in [1.807, 2.05) is 0 Å². The van der Waals surface area contributed by atoms with Crippen LogP contribution in [0.1, 0.15) is 38.7 Å². The molecule has 0 bridgehead atoms. The predicted octanol–water partition coefficient (Wildman–Crippen LogP) is -0.0497. The molecule has 0 atom stereocenters. The van der Waals surface area contributed by atoms with Gasteiger partial charge >= 0.3 is 0 Å². The minimum Gasteiger partial charge on any atom is -0.384 e. The molecule has 0 spiro atoms. The molecular weight excluding hydrogens is 234 g/mol. The molecule has 0 aromatic carbocycles. The molecule has 0 aliphatic carbocycles. The summed E-state index contributed by atoms with van der Waals surface area (Å²) in [5, 5.41) is 29.2. The molecule has 0 radical (unpaired) electrons. The molecule has 2 heterocycles. The molecule has 18 heavy (non-hydrogen) atoms. The molecule has 0 aliphatic rings. The first-order valence-corrected chi connectivity index (χ1v) is 5.88. The summed E-state index contributed by atoms with van der Waals surface area (Å²) < 4.78 is 3.36. The summed E-state index contributed by atoms with van der Waals surface area (Å²) in [6.45, 7) is 6.61. The van der Waals surface area contributed by atoms with Gasteiger partial charge in [-0.2, -0.15) is 0 Å². The summed E-state index contributed by atoms with van der Waals surface area (Å²) in [4.78, 5) is 0. The van der Waals surface area contributed by atoms with Gasteiger partial charge in [0.15, 0.2) is 5.82 Å². The number of hydrogen-bond donors (Lipinski definition) is 1. The fourth-order valence-corrected chi connectivity index (χ4v) is 1.52. The molecule has 8 heteroatoms. The molecule has 2 aromatic rings. The predicted molar refractivity (Wildman–Crippen MR) is 62.5 cm³/mol. The fourth-order valence-electron chi connectivity index (χ4n) is 1.52. The summed E-state index contributed by atoms with van der Waals surface area (Å²) >= 11 is 0. The number of nitrogens with zero attached hydrogens (tertiary/aromatic N) is 7. The monoisotopic (exact) mass is 251 g/mol. The highest BCUT2D eigenvalue weighted by Gasteiger charge is 2.20. The van der Waals surface area contributed by atoms with Crippen molar-refractivity contribution in [2.75, 3.05) is 0 Å². The Labute approximate surface area is 105 Å². The van der Waals surface area contributed by atoms with Crippen molar-refractivity contribution in [1.29, 1.82) is 0 Å². The lowest BCUT2D eigenvalue weighted by atomic mass is 10.1. The van der Waals surface area contributed by atoms with Gasteiger partial charge in [0.1, 0.15) is 17.8 Å². The Morgan fingerprint density at radius 2 is 2.06 bits per heavy atom. The van der Waals surface area contributed by atoms with Crippen LogP contribution < -0.4 is 0 Å². The Morgan fingerprint density at radius 1 is 1.28 bits per heavy atom. The van der Waals surface area contributed by atoms with E-state index in [0.29, 0.717) is 12.2 Å². The van der Waals surface area contributed by atoms with Crippen molar-refractivity contribution in [2.24, 2.45) is 0 Å². The van der Waals surface area contributed by atoms with E-state index < -0.39 is 5.60 Å². The second-order valence-corrected chi connectivity index (χ2v) is 4.68. The lowest BCUT2D eigenvalue weighted by Gasteiger charge is -2.11. The molecule has 0 saturated heterocycles. The Kier molecular flexibility index (Phi) is 3.37. The number of tetrazole rings is 1. The van der Waals surface area contributed by atoms with Crippen molar-refractivity contribution in [3.05, 3.63) is 17.7 Å². The van der Waals surface area contributed by atoms with Crippen LogP contribution >= 0.6 is 0 Å². The van der Waals surface area contributed by atoms with Gasteiger partial charge in [-0.15, -0.1) is 10.2 Å². The summed E-state index contributed by atoms with van der Waals surface area (Å²) in [5.74, 6) is 0.726. The van der Waals surface area contributed by atoms with Crippen molar-refractivity contribution in [3.63, 3.8) is 0 Å². The quantitative estimate of drug-likeness (QED) is 0.800. The fraction of sp³-hybridized carbons (Fsp3) is 0.700. The Morgan fingerprint density at radius 3 is 2.67 bits per heavy atom. The van der Waals surface area contributed by atoms with Crippen LogP contribution in [0.15, 0.2) is 6.20 Å². The van der Waals surface area contributed by atoms with E-state index in [4.69, 9.17) is 0 Å². The van der Waals surface area contributed by atoms with Gasteiger partial charge in [0, 0.05) is 6.54 Å². The van der Waals surface area contributed by atoms with E-state index >= 15 is 0 Å². The van der Waals surface area contributed by atoms with Crippen molar-refractivity contribution in [2.45, 2.75) is 45.9 Å². The van der Waals surface area contributed by atoms with Crippen molar-refractivity contribution < 1.29 is 5.11 Å². The van der Waals surface area contributed by atoms with Crippen LogP contribution in [0.4, 0.5) is 0 Å². The largest absolute Gasteiger partial charge is 0.384 e. The van der Waals surface area contributed by atoms with Crippen molar-refractivity contribution >= 4 is 0 Å². The minimum absolute atomic E-state index is 0.441. The second kappa shape index (κ2) is 4.81. The third-order valence-corrected chi connectivity index (χ3v) is 2.51. The van der Waals surface area contributed by atoms with Gasteiger partial charge in [-0.3, -0.25) is 0 Å².